The number of piperazine rings is 1. The fourth-order valence-electron chi connectivity index (χ4n) is 4.55. The van der Waals surface area contributed by atoms with Crippen molar-refractivity contribution in [2.75, 3.05) is 33.2 Å². The van der Waals surface area contributed by atoms with E-state index in [9.17, 15) is 0 Å². The van der Waals surface area contributed by atoms with Gasteiger partial charge in [-0.3, -0.25) is 5.43 Å². The second kappa shape index (κ2) is 4.19. The number of hydrogen-bond acceptors (Lipinski definition) is 3. The topological polar surface area (TPSA) is 18.5 Å². The van der Waals surface area contributed by atoms with Gasteiger partial charge in [-0.05, 0) is 43.1 Å². The number of likely N-dealkylation sites (N-methyl/N-ethyl adjacent to an activating group) is 1. The molecular weight excluding hydrogens is 222 g/mol. The molecule has 2 bridgehead atoms. The average Bonchev–Trinajstić information content (AvgIpc) is 2.65. The van der Waals surface area contributed by atoms with Gasteiger partial charge in [-0.25, -0.2) is 5.01 Å². The third kappa shape index (κ3) is 1.75. The van der Waals surface area contributed by atoms with Crippen molar-refractivity contribution < 1.29 is 0 Å². The summed E-state index contributed by atoms with van der Waals surface area (Å²) in [7, 11) is 2.22. The average molecular weight is 251 g/mol. The zero-order valence-corrected chi connectivity index (χ0v) is 12.5. The summed E-state index contributed by atoms with van der Waals surface area (Å²) in [6.07, 6.45) is 4.25. The summed E-state index contributed by atoms with van der Waals surface area (Å²) in [6, 6.07) is 0.703. The molecule has 104 valence electrons. The van der Waals surface area contributed by atoms with Crippen LogP contribution in [-0.2, 0) is 0 Å². The maximum atomic E-state index is 3.87. The standard InChI is InChI=1S/C15H29N3/c1-14(2)12-5-6-15(14,3)13(11-12)16-18-9-7-17(4)8-10-18/h12-13,16H,5-11H2,1-4H3. The van der Waals surface area contributed by atoms with E-state index in [4.69, 9.17) is 0 Å². The highest BCUT2D eigenvalue weighted by Gasteiger charge is 2.61. The van der Waals surface area contributed by atoms with Gasteiger partial charge in [-0.2, -0.15) is 0 Å². The molecule has 1 saturated heterocycles. The Labute approximate surface area is 112 Å². The van der Waals surface area contributed by atoms with Crippen LogP contribution in [0, 0.1) is 16.7 Å². The Morgan fingerprint density at radius 3 is 2.22 bits per heavy atom. The number of hydrogen-bond donors (Lipinski definition) is 1. The third-order valence-corrected chi connectivity index (χ3v) is 6.64. The molecule has 3 atom stereocenters. The van der Waals surface area contributed by atoms with E-state index in [2.05, 4.69) is 43.2 Å². The predicted molar refractivity (Wildman–Crippen MR) is 75.2 cm³/mol. The highest BCUT2D eigenvalue weighted by atomic mass is 15.5. The summed E-state index contributed by atoms with van der Waals surface area (Å²) in [5.41, 5.74) is 4.90. The van der Waals surface area contributed by atoms with Gasteiger partial charge in [0.2, 0.25) is 0 Å². The predicted octanol–water partition coefficient (Wildman–Crippen LogP) is 1.95. The molecule has 0 amide bonds. The molecule has 1 aliphatic heterocycles. The van der Waals surface area contributed by atoms with Crippen LogP contribution < -0.4 is 5.43 Å². The molecular formula is C15H29N3. The highest BCUT2D eigenvalue weighted by molar-refractivity contribution is 5.12. The fourth-order valence-corrected chi connectivity index (χ4v) is 4.55. The Kier molecular flexibility index (Phi) is 3.00. The quantitative estimate of drug-likeness (QED) is 0.809. The molecule has 0 spiro atoms. The van der Waals surface area contributed by atoms with E-state index in [-0.39, 0.29) is 0 Å². The van der Waals surface area contributed by atoms with Gasteiger partial charge in [0, 0.05) is 32.2 Å². The molecule has 3 unspecified atom stereocenters. The molecule has 2 saturated carbocycles. The van der Waals surface area contributed by atoms with Crippen LogP contribution in [-0.4, -0.2) is 49.2 Å². The maximum Gasteiger partial charge on any atom is 0.0277 e. The molecule has 3 aliphatic rings. The second-order valence-corrected chi connectivity index (χ2v) is 7.58. The molecule has 0 radical (unpaired) electrons. The van der Waals surface area contributed by atoms with Crippen LogP contribution >= 0.6 is 0 Å². The van der Waals surface area contributed by atoms with Crippen molar-refractivity contribution in [1.29, 1.82) is 0 Å². The lowest BCUT2D eigenvalue weighted by Gasteiger charge is -2.43. The van der Waals surface area contributed by atoms with Gasteiger partial charge in [0.15, 0.2) is 0 Å². The van der Waals surface area contributed by atoms with Crippen molar-refractivity contribution in [1.82, 2.24) is 15.3 Å². The monoisotopic (exact) mass is 251 g/mol. The minimum Gasteiger partial charge on any atom is -0.304 e. The summed E-state index contributed by atoms with van der Waals surface area (Å²) in [4.78, 5) is 2.42. The van der Waals surface area contributed by atoms with Gasteiger partial charge >= 0.3 is 0 Å². The first-order valence-corrected chi connectivity index (χ1v) is 7.63. The number of fused-ring (bicyclic) bond motifs is 2. The number of hydrazine groups is 1. The molecule has 3 rings (SSSR count). The summed E-state index contributed by atoms with van der Waals surface area (Å²) < 4.78 is 0. The van der Waals surface area contributed by atoms with Crippen LogP contribution in [0.3, 0.4) is 0 Å². The van der Waals surface area contributed by atoms with Crippen molar-refractivity contribution in [3.8, 4) is 0 Å². The highest BCUT2D eigenvalue weighted by Crippen LogP contribution is 2.65. The van der Waals surface area contributed by atoms with Crippen molar-refractivity contribution in [3.05, 3.63) is 0 Å². The van der Waals surface area contributed by atoms with Crippen LogP contribution in [0.15, 0.2) is 0 Å². The molecule has 3 fully saturated rings. The van der Waals surface area contributed by atoms with E-state index in [0.29, 0.717) is 16.9 Å². The Bertz CT molecular complexity index is 320. The smallest absolute Gasteiger partial charge is 0.0277 e. The summed E-state index contributed by atoms with van der Waals surface area (Å²) in [5, 5.41) is 2.48. The lowest BCUT2D eigenvalue weighted by atomic mass is 9.69. The van der Waals surface area contributed by atoms with E-state index in [1.807, 2.05) is 0 Å². The third-order valence-electron chi connectivity index (χ3n) is 6.64. The molecule has 0 aromatic carbocycles. The first-order valence-electron chi connectivity index (χ1n) is 7.63. The lowest BCUT2D eigenvalue weighted by molar-refractivity contribution is 0.0347. The zero-order chi connectivity index (χ0) is 13.0. The van der Waals surface area contributed by atoms with Gasteiger partial charge in [-0.1, -0.05) is 20.8 Å². The fraction of sp³-hybridized carbons (Fsp3) is 1.00. The van der Waals surface area contributed by atoms with E-state index in [0.717, 1.165) is 5.92 Å². The molecule has 0 aromatic rings. The SMILES string of the molecule is CN1CCN(NC2CC3CCC2(C)C3(C)C)CC1. The van der Waals surface area contributed by atoms with Crippen molar-refractivity contribution in [3.63, 3.8) is 0 Å². The number of rotatable bonds is 2. The Balaban J connectivity index is 1.65. The number of nitrogens with zero attached hydrogens (tertiary/aromatic N) is 2. The van der Waals surface area contributed by atoms with Crippen molar-refractivity contribution in [2.45, 2.75) is 46.1 Å². The molecule has 2 aliphatic carbocycles. The van der Waals surface area contributed by atoms with E-state index in [1.54, 1.807) is 0 Å². The molecule has 3 heteroatoms. The summed E-state index contributed by atoms with van der Waals surface area (Å²) in [5.74, 6) is 0.937. The van der Waals surface area contributed by atoms with Crippen LogP contribution in [0.25, 0.3) is 0 Å². The molecule has 3 nitrogen and oxygen atoms in total. The molecule has 0 aromatic heterocycles. The Morgan fingerprint density at radius 2 is 1.72 bits per heavy atom. The molecule has 1 heterocycles. The van der Waals surface area contributed by atoms with Crippen LogP contribution in [0.4, 0.5) is 0 Å². The van der Waals surface area contributed by atoms with Crippen LogP contribution in [0.2, 0.25) is 0 Å². The van der Waals surface area contributed by atoms with Gasteiger partial charge in [0.25, 0.3) is 0 Å². The Morgan fingerprint density at radius 1 is 1.06 bits per heavy atom. The molecule has 18 heavy (non-hydrogen) atoms. The van der Waals surface area contributed by atoms with Crippen LogP contribution in [0.5, 0.6) is 0 Å². The van der Waals surface area contributed by atoms with Gasteiger partial charge in [-0.15, -0.1) is 0 Å². The summed E-state index contributed by atoms with van der Waals surface area (Å²) >= 11 is 0. The van der Waals surface area contributed by atoms with Crippen molar-refractivity contribution in [2.24, 2.45) is 16.7 Å². The largest absolute Gasteiger partial charge is 0.304 e. The van der Waals surface area contributed by atoms with E-state index in [1.165, 1.54) is 45.4 Å². The Hall–Kier alpha value is -0.120. The minimum absolute atomic E-state index is 0.501. The zero-order valence-electron chi connectivity index (χ0n) is 12.5. The van der Waals surface area contributed by atoms with E-state index >= 15 is 0 Å². The number of nitrogens with one attached hydrogen (secondary N) is 1. The summed E-state index contributed by atoms with van der Waals surface area (Å²) in [6.45, 7) is 12.3. The first kappa shape index (κ1) is 12.9. The first-order chi connectivity index (χ1) is 8.43. The van der Waals surface area contributed by atoms with Gasteiger partial charge < -0.3 is 4.90 Å². The minimum atomic E-state index is 0.501. The van der Waals surface area contributed by atoms with Crippen molar-refractivity contribution >= 4 is 0 Å². The van der Waals surface area contributed by atoms with Crippen LogP contribution in [0.1, 0.15) is 40.0 Å². The van der Waals surface area contributed by atoms with Gasteiger partial charge in [0.1, 0.15) is 0 Å². The molecule has 1 N–H and O–H groups in total. The van der Waals surface area contributed by atoms with E-state index < -0.39 is 0 Å². The van der Waals surface area contributed by atoms with Gasteiger partial charge in [0.05, 0.1) is 0 Å². The lowest BCUT2D eigenvalue weighted by Crippen LogP contribution is -2.57. The normalized spacial score (nSPS) is 44.7. The second-order valence-electron chi connectivity index (χ2n) is 7.58. The maximum absolute atomic E-state index is 3.87.